The van der Waals surface area contributed by atoms with E-state index < -0.39 is 0 Å². The smallest absolute Gasteiger partial charge is 0.182 e. The van der Waals surface area contributed by atoms with E-state index in [1.54, 1.807) is 6.07 Å². The number of aromatic amines is 1. The molecule has 90 valence electrons. The van der Waals surface area contributed by atoms with Crippen LogP contribution in [0, 0.1) is 10.6 Å². The highest BCUT2D eigenvalue weighted by Crippen LogP contribution is 2.26. The number of hydrogen-bond acceptors (Lipinski definition) is 1. The molecule has 0 aliphatic rings. The molecule has 5 heteroatoms. The van der Waals surface area contributed by atoms with Crippen molar-refractivity contribution in [3.05, 3.63) is 45.7 Å². The van der Waals surface area contributed by atoms with Gasteiger partial charge in [-0.2, -0.15) is 0 Å². The second-order valence-electron chi connectivity index (χ2n) is 4.10. The molecule has 2 rings (SSSR count). The van der Waals surface area contributed by atoms with Gasteiger partial charge in [-0.05, 0) is 36.3 Å². The van der Waals surface area contributed by atoms with E-state index in [0.29, 0.717) is 21.4 Å². The molecule has 0 amide bonds. The molecule has 1 heterocycles. The number of halogens is 2. The van der Waals surface area contributed by atoms with Crippen LogP contribution in [0.1, 0.15) is 25.5 Å². The third kappa shape index (κ3) is 2.28. The minimum atomic E-state index is -0.355. The predicted octanol–water partition coefficient (Wildman–Crippen LogP) is 4.45. The molecule has 0 spiro atoms. The van der Waals surface area contributed by atoms with Gasteiger partial charge in [-0.1, -0.05) is 25.4 Å². The Morgan fingerprint density at radius 2 is 2.12 bits per heavy atom. The van der Waals surface area contributed by atoms with Gasteiger partial charge in [-0.3, -0.25) is 4.57 Å². The zero-order valence-corrected chi connectivity index (χ0v) is 11.1. The fraction of sp³-hybridized carbons (Fsp3) is 0.250. The van der Waals surface area contributed by atoms with Crippen molar-refractivity contribution >= 4 is 23.8 Å². The van der Waals surface area contributed by atoms with Crippen LogP contribution in [-0.4, -0.2) is 9.55 Å². The molecule has 1 N–H and O–H groups in total. The molecular weight excluding hydrogens is 259 g/mol. The van der Waals surface area contributed by atoms with Crippen LogP contribution in [0.15, 0.2) is 24.4 Å². The molecule has 17 heavy (non-hydrogen) atoms. The average Bonchev–Trinajstić information content (AvgIpc) is 2.60. The predicted molar refractivity (Wildman–Crippen MR) is 70.0 cm³/mol. The Kier molecular flexibility index (Phi) is 3.35. The van der Waals surface area contributed by atoms with Gasteiger partial charge in [0.15, 0.2) is 4.77 Å². The summed E-state index contributed by atoms with van der Waals surface area (Å²) >= 11 is 11.3. The van der Waals surface area contributed by atoms with Crippen LogP contribution in [0.2, 0.25) is 5.02 Å². The first-order valence-corrected chi connectivity index (χ1v) is 6.05. The highest BCUT2D eigenvalue weighted by atomic mass is 35.5. The molecule has 0 saturated carbocycles. The largest absolute Gasteiger partial charge is 0.337 e. The van der Waals surface area contributed by atoms with E-state index in [1.807, 2.05) is 10.8 Å². The first-order chi connectivity index (χ1) is 8.00. The Morgan fingerprint density at radius 1 is 1.41 bits per heavy atom. The van der Waals surface area contributed by atoms with Gasteiger partial charge in [0, 0.05) is 11.9 Å². The van der Waals surface area contributed by atoms with Crippen molar-refractivity contribution in [2.75, 3.05) is 0 Å². The first kappa shape index (κ1) is 12.3. The van der Waals surface area contributed by atoms with E-state index in [0.717, 1.165) is 5.69 Å². The van der Waals surface area contributed by atoms with Gasteiger partial charge in [0.25, 0.3) is 0 Å². The van der Waals surface area contributed by atoms with Gasteiger partial charge in [0.05, 0.1) is 10.7 Å². The Labute approximate surface area is 109 Å². The molecule has 0 bridgehead atoms. The SMILES string of the molecule is CC(C)c1c[nH]c(=S)n1-c1ccc(F)cc1Cl. The van der Waals surface area contributed by atoms with E-state index in [-0.39, 0.29) is 5.82 Å². The molecule has 0 saturated heterocycles. The summed E-state index contributed by atoms with van der Waals surface area (Å²) < 4.78 is 15.4. The second kappa shape index (κ2) is 4.63. The number of benzene rings is 1. The number of nitrogens with zero attached hydrogens (tertiary/aromatic N) is 1. The molecule has 1 aromatic carbocycles. The van der Waals surface area contributed by atoms with Gasteiger partial charge in [0.1, 0.15) is 5.82 Å². The monoisotopic (exact) mass is 270 g/mol. The van der Waals surface area contributed by atoms with Crippen molar-refractivity contribution in [1.29, 1.82) is 0 Å². The Morgan fingerprint density at radius 3 is 2.71 bits per heavy atom. The van der Waals surface area contributed by atoms with E-state index in [1.165, 1.54) is 12.1 Å². The van der Waals surface area contributed by atoms with Crippen molar-refractivity contribution in [2.45, 2.75) is 19.8 Å². The third-order valence-corrected chi connectivity index (χ3v) is 3.15. The maximum absolute atomic E-state index is 13.0. The number of H-pyrrole nitrogens is 1. The van der Waals surface area contributed by atoms with Crippen LogP contribution in [0.5, 0.6) is 0 Å². The lowest BCUT2D eigenvalue weighted by atomic mass is 10.1. The molecule has 0 unspecified atom stereocenters. The summed E-state index contributed by atoms with van der Waals surface area (Å²) in [5, 5.41) is 0.350. The summed E-state index contributed by atoms with van der Waals surface area (Å²) in [7, 11) is 0. The summed E-state index contributed by atoms with van der Waals surface area (Å²) in [5.74, 6) is -0.0593. The maximum atomic E-state index is 13.0. The van der Waals surface area contributed by atoms with Gasteiger partial charge in [0.2, 0.25) is 0 Å². The summed E-state index contributed by atoms with van der Waals surface area (Å²) in [5.41, 5.74) is 1.71. The zero-order chi connectivity index (χ0) is 12.6. The zero-order valence-electron chi connectivity index (χ0n) is 9.50. The molecule has 0 atom stereocenters. The number of imidazole rings is 1. The summed E-state index contributed by atoms with van der Waals surface area (Å²) in [6, 6.07) is 4.29. The third-order valence-electron chi connectivity index (χ3n) is 2.55. The Bertz CT molecular complexity index is 601. The van der Waals surface area contributed by atoms with Gasteiger partial charge >= 0.3 is 0 Å². The van der Waals surface area contributed by atoms with Crippen LogP contribution in [0.3, 0.4) is 0 Å². The second-order valence-corrected chi connectivity index (χ2v) is 4.90. The van der Waals surface area contributed by atoms with Crippen LogP contribution >= 0.6 is 23.8 Å². The van der Waals surface area contributed by atoms with Crippen LogP contribution < -0.4 is 0 Å². The molecule has 0 radical (unpaired) electrons. The van der Waals surface area contributed by atoms with E-state index in [2.05, 4.69) is 18.8 Å². The Hall–Kier alpha value is -1.13. The Balaban J connectivity index is 2.68. The molecule has 2 nitrogen and oxygen atoms in total. The maximum Gasteiger partial charge on any atom is 0.182 e. The number of rotatable bonds is 2. The molecule has 0 aliphatic heterocycles. The fourth-order valence-corrected chi connectivity index (χ4v) is 2.23. The van der Waals surface area contributed by atoms with Crippen molar-refractivity contribution < 1.29 is 4.39 Å². The van der Waals surface area contributed by atoms with Gasteiger partial charge in [-0.15, -0.1) is 0 Å². The summed E-state index contributed by atoms with van der Waals surface area (Å²) in [6.07, 6.45) is 1.85. The van der Waals surface area contributed by atoms with Crippen molar-refractivity contribution in [3.63, 3.8) is 0 Å². The minimum absolute atomic E-state index is 0.295. The standard InChI is InChI=1S/C12H12ClFN2S/c1-7(2)11-6-15-12(17)16(11)10-4-3-8(14)5-9(10)13/h3-7H,1-2H3,(H,15,17). The van der Waals surface area contributed by atoms with Gasteiger partial charge < -0.3 is 4.98 Å². The molecule has 0 aliphatic carbocycles. The van der Waals surface area contributed by atoms with E-state index >= 15 is 0 Å². The first-order valence-electron chi connectivity index (χ1n) is 5.26. The van der Waals surface area contributed by atoms with Crippen molar-refractivity contribution in [1.82, 2.24) is 9.55 Å². The average molecular weight is 271 g/mol. The van der Waals surface area contributed by atoms with Crippen LogP contribution in [0.4, 0.5) is 4.39 Å². The quantitative estimate of drug-likeness (QED) is 0.800. The van der Waals surface area contributed by atoms with Crippen molar-refractivity contribution in [2.24, 2.45) is 0 Å². The topological polar surface area (TPSA) is 20.7 Å². The number of nitrogens with one attached hydrogen (secondary N) is 1. The highest BCUT2D eigenvalue weighted by Gasteiger charge is 2.12. The summed E-state index contributed by atoms with van der Waals surface area (Å²) in [6.45, 7) is 4.12. The lowest BCUT2D eigenvalue weighted by Crippen LogP contribution is -2.02. The molecule has 2 aromatic rings. The normalized spacial score (nSPS) is 11.1. The lowest BCUT2D eigenvalue weighted by molar-refractivity contribution is 0.627. The lowest BCUT2D eigenvalue weighted by Gasteiger charge is -2.12. The van der Waals surface area contributed by atoms with Crippen molar-refractivity contribution in [3.8, 4) is 5.69 Å². The van der Waals surface area contributed by atoms with E-state index in [4.69, 9.17) is 23.8 Å². The molecule has 0 fully saturated rings. The summed E-state index contributed by atoms with van der Waals surface area (Å²) in [4.78, 5) is 2.98. The molecule has 1 aromatic heterocycles. The van der Waals surface area contributed by atoms with E-state index in [9.17, 15) is 4.39 Å². The highest BCUT2D eigenvalue weighted by molar-refractivity contribution is 7.71. The van der Waals surface area contributed by atoms with Crippen LogP contribution in [0.25, 0.3) is 5.69 Å². The van der Waals surface area contributed by atoms with Crippen LogP contribution in [-0.2, 0) is 0 Å². The minimum Gasteiger partial charge on any atom is -0.337 e. The van der Waals surface area contributed by atoms with Gasteiger partial charge in [-0.25, -0.2) is 4.39 Å². The number of hydrogen-bond donors (Lipinski definition) is 1. The molecular formula is C12H12ClFN2S. The fourth-order valence-electron chi connectivity index (χ4n) is 1.72. The number of aromatic nitrogens is 2.